The van der Waals surface area contributed by atoms with E-state index in [4.69, 9.17) is 11.1 Å². The lowest BCUT2D eigenvalue weighted by molar-refractivity contribution is -0.324. The van der Waals surface area contributed by atoms with Crippen LogP contribution in [0.25, 0.3) is 5.70 Å². The number of rotatable bonds is 7. The van der Waals surface area contributed by atoms with Crippen LogP contribution in [0.5, 0.6) is 0 Å². The van der Waals surface area contributed by atoms with E-state index in [-0.39, 0.29) is 11.4 Å². The van der Waals surface area contributed by atoms with Crippen molar-refractivity contribution in [3.8, 4) is 0 Å². The first-order valence-electron chi connectivity index (χ1n) is 8.19. The van der Waals surface area contributed by atoms with Crippen LogP contribution in [0.4, 0.5) is 32.0 Å². The van der Waals surface area contributed by atoms with Crippen LogP contribution in [0.3, 0.4) is 0 Å². The fourth-order valence-corrected chi connectivity index (χ4v) is 2.41. The van der Waals surface area contributed by atoms with Gasteiger partial charge in [-0.1, -0.05) is 36.4 Å². The molecule has 0 aliphatic rings. The van der Waals surface area contributed by atoms with Crippen LogP contribution in [0.15, 0.2) is 60.7 Å². The first kappa shape index (κ1) is 22.3. The zero-order valence-corrected chi connectivity index (χ0v) is 14.8. The molecule has 10 heteroatoms. The van der Waals surface area contributed by atoms with Gasteiger partial charge in [-0.15, -0.1) is 0 Å². The molecule has 0 atom stereocenters. The molecule has 29 heavy (non-hydrogen) atoms. The SMILES string of the molecule is N=C(N)/C=C(\Nc1ccccc1)c1cccc(COC(C(F)(F)F)C(F)(F)F)c1. The molecule has 0 aliphatic carbocycles. The van der Waals surface area contributed by atoms with Crippen LogP contribution >= 0.6 is 0 Å². The molecule has 0 saturated carbocycles. The third kappa shape index (κ3) is 6.83. The summed E-state index contributed by atoms with van der Waals surface area (Å²) in [6.07, 6.45) is -13.8. The summed E-state index contributed by atoms with van der Waals surface area (Å²) in [6.45, 7) is -0.907. The van der Waals surface area contributed by atoms with E-state index in [0.29, 0.717) is 16.9 Å². The largest absolute Gasteiger partial charge is 0.423 e. The van der Waals surface area contributed by atoms with Gasteiger partial charge in [0.25, 0.3) is 0 Å². The summed E-state index contributed by atoms with van der Waals surface area (Å²) in [7, 11) is 0. The molecule has 2 aromatic carbocycles. The smallest absolute Gasteiger partial charge is 0.384 e. The van der Waals surface area contributed by atoms with Crippen LogP contribution in [-0.2, 0) is 11.3 Å². The number of amidine groups is 1. The van der Waals surface area contributed by atoms with Crippen molar-refractivity contribution >= 4 is 17.2 Å². The number of nitrogens with one attached hydrogen (secondary N) is 2. The first-order valence-corrected chi connectivity index (χ1v) is 8.19. The predicted molar refractivity (Wildman–Crippen MR) is 97.1 cm³/mol. The maximum atomic E-state index is 12.6. The Morgan fingerprint density at radius 3 is 2.17 bits per heavy atom. The average molecular weight is 417 g/mol. The highest BCUT2D eigenvalue weighted by atomic mass is 19.4. The Labute approximate surface area is 162 Å². The molecule has 0 aromatic heterocycles. The number of anilines is 1. The topological polar surface area (TPSA) is 71.1 Å². The van der Waals surface area contributed by atoms with Crippen LogP contribution in [0, 0.1) is 5.41 Å². The number of ether oxygens (including phenoxy) is 1. The normalized spacial score (nSPS) is 12.9. The number of alkyl halides is 6. The second-order valence-electron chi connectivity index (χ2n) is 5.98. The van der Waals surface area contributed by atoms with Crippen molar-refractivity contribution < 1.29 is 31.1 Å². The van der Waals surface area contributed by atoms with Gasteiger partial charge in [0.05, 0.1) is 6.61 Å². The first-order chi connectivity index (χ1) is 13.5. The number of nitrogens with two attached hydrogens (primary N) is 1. The highest BCUT2D eigenvalue weighted by Crippen LogP contribution is 2.36. The Hall–Kier alpha value is -3.01. The second kappa shape index (κ2) is 8.99. The van der Waals surface area contributed by atoms with Crippen molar-refractivity contribution in [3.63, 3.8) is 0 Å². The molecule has 4 nitrogen and oxygen atoms in total. The van der Waals surface area contributed by atoms with Crippen molar-refractivity contribution in [2.45, 2.75) is 25.1 Å². The van der Waals surface area contributed by atoms with E-state index in [1.165, 1.54) is 24.3 Å². The minimum atomic E-state index is -5.58. The van der Waals surface area contributed by atoms with Crippen molar-refractivity contribution in [2.24, 2.45) is 5.73 Å². The van der Waals surface area contributed by atoms with Crippen molar-refractivity contribution in [1.82, 2.24) is 0 Å². The molecule has 0 heterocycles. The Morgan fingerprint density at radius 1 is 1.00 bits per heavy atom. The highest BCUT2D eigenvalue weighted by Gasteiger charge is 2.57. The number of hydrogen-bond donors (Lipinski definition) is 3. The Kier molecular flexibility index (Phi) is 6.91. The van der Waals surface area contributed by atoms with Gasteiger partial charge in [0.1, 0.15) is 5.84 Å². The number of para-hydroxylation sites is 1. The van der Waals surface area contributed by atoms with Crippen LogP contribution in [0.1, 0.15) is 11.1 Å². The van der Waals surface area contributed by atoms with Gasteiger partial charge < -0.3 is 15.8 Å². The third-order valence-electron chi connectivity index (χ3n) is 3.60. The molecule has 0 spiro atoms. The molecule has 2 aromatic rings. The summed E-state index contributed by atoms with van der Waals surface area (Å²) in [4.78, 5) is 0. The summed E-state index contributed by atoms with van der Waals surface area (Å²) in [5.41, 5.74) is 6.89. The molecule has 4 N–H and O–H groups in total. The maximum absolute atomic E-state index is 12.6. The van der Waals surface area contributed by atoms with Gasteiger partial charge >= 0.3 is 12.4 Å². The summed E-state index contributed by atoms with van der Waals surface area (Å²) >= 11 is 0. The summed E-state index contributed by atoms with van der Waals surface area (Å²) in [5, 5.41) is 10.5. The van der Waals surface area contributed by atoms with Gasteiger partial charge in [0.2, 0.25) is 6.10 Å². The van der Waals surface area contributed by atoms with E-state index in [1.807, 2.05) is 0 Å². The minimum absolute atomic E-state index is 0.0883. The van der Waals surface area contributed by atoms with Gasteiger partial charge in [-0.3, -0.25) is 5.41 Å². The third-order valence-corrected chi connectivity index (χ3v) is 3.60. The lowest BCUT2D eigenvalue weighted by Gasteiger charge is -2.23. The van der Waals surface area contributed by atoms with Gasteiger partial charge in [-0.25, -0.2) is 0 Å². The summed E-state index contributed by atoms with van der Waals surface area (Å²) in [5.74, 6) is -0.292. The summed E-state index contributed by atoms with van der Waals surface area (Å²) in [6, 6.07) is 14.5. The molecule has 2 rings (SSSR count). The summed E-state index contributed by atoms with van der Waals surface area (Å²) < 4.78 is 79.8. The highest BCUT2D eigenvalue weighted by molar-refractivity contribution is 5.98. The van der Waals surface area contributed by atoms with Gasteiger partial charge in [-0.05, 0) is 29.3 Å². The molecular weight excluding hydrogens is 400 g/mol. The quantitative estimate of drug-likeness (QED) is 0.334. The molecular formula is C19H17F6N3O. The van der Waals surface area contributed by atoms with E-state index < -0.39 is 25.1 Å². The van der Waals surface area contributed by atoms with Crippen molar-refractivity contribution in [1.29, 1.82) is 5.41 Å². The molecule has 0 unspecified atom stereocenters. The van der Waals surface area contributed by atoms with Crippen molar-refractivity contribution in [2.75, 3.05) is 5.32 Å². The van der Waals surface area contributed by atoms with E-state index in [1.54, 1.807) is 36.4 Å². The lowest BCUT2D eigenvalue weighted by Crippen LogP contribution is -2.44. The van der Waals surface area contributed by atoms with Gasteiger partial charge in [0.15, 0.2) is 0 Å². The monoisotopic (exact) mass is 417 g/mol. The van der Waals surface area contributed by atoms with Crippen LogP contribution in [-0.4, -0.2) is 24.3 Å². The average Bonchev–Trinajstić information content (AvgIpc) is 2.60. The molecule has 0 fully saturated rings. The zero-order valence-electron chi connectivity index (χ0n) is 14.8. The van der Waals surface area contributed by atoms with E-state index >= 15 is 0 Å². The van der Waals surface area contributed by atoms with Gasteiger partial charge in [-0.2, -0.15) is 26.3 Å². The van der Waals surface area contributed by atoms with Gasteiger partial charge in [0, 0.05) is 17.5 Å². The molecule has 0 amide bonds. The Morgan fingerprint density at radius 2 is 1.62 bits per heavy atom. The molecule has 0 saturated heterocycles. The van der Waals surface area contributed by atoms with Crippen molar-refractivity contribution in [3.05, 3.63) is 71.8 Å². The predicted octanol–water partition coefficient (Wildman–Crippen LogP) is 5.09. The fourth-order valence-electron chi connectivity index (χ4n) is 2.41. The van der Waals surface area contributed by atoms with E-state index in [9.17, 15) is 26.3 Å². The maximum Gasteiger partial charge on any atom is 0.423 e. The van der Waals surface area contributed by atoms with E-state index in [0.717, 1.165) is 0 Å². The molecule has 0 aliphatic heterocycles. The van der Waals surface area contributed by atoms with E-state index in [2.05, 4.69) is 10.1 Å². The Bertz CT molecular complexity index is 848. The molecule has 0 bridgehead atoms. The number of halogens is 6. The number of benzene rings is 2. The molecule has 0 radical (unpaired) electrons. The minimum Gasteiger partial charge on any atom is -0.384 e. The number of hydrogen-bond acceptors (Lipinski definition) is 3. The standard InChI is InChI=1S/C19H17F6N3O/c20-18(21,22)17(19(23,24)25)29-11-12-5-4-6-13(9-12)15(10-16(26)27)28-14-7-2-1-3-8-14/h1-10,17,28H,11H2,(H3,26,27)/b15-10-. The zero-order chi connectivity index (χ0) is 21.7. The molecule has 156 valence electrons. The van der Waals surface area contributed by atoms with Crippen LogP contribution < -0.4 is 11.1 Å². The second-order valence-corrected chi connectivity index (χ2v) is 5.98. The fraction of sp³-hybridized carbons (Fsp3) is 0.211. The lowest BCUT2D eigenvalue weighted by atomic mass is 10.1. The van der Waals surface area contributed by atoms with Crippen LogP contribution in [0.2, 0.25) is 0 Å². The Balaban J connectivity index is 2.24.